The Morgan fingerprint density at radius 3 is 2.79 bits per heavy atom. The van der Waals surface area contributed by atoms with Gasteiger partial charge in [0, 0.05) is 41.2 Å². The van der Waals surface area contributed by atoms with Crippen molar-refractivity contribution in [2.24, 2.45) is 0 Å². The minimum atomic E-state index is -0.418. The lowest BCUT2D eigenvalue weighted by Crippen LogP contribution is -2.42. The maximum atomic E-state index is 10.6. The van der Waals surface area contributed by atoms with Gasteiger partial charge in [0.05, 0.1) is 18.4 Å². The van der Waals surface area contributed by atoms with E-state index < -0.39 is 6.10 Å². The molecule has 3 N–H and O–H groups in total. The minimum Gasteiger partial charge on any atom is -0.506 e. The standard InChI is InChI=1S/C18H24N2O3S/c1-11-4-6-24-18(11)14-3-5-20(9-16(14)22)8-15-13(10-21)7-19-12(2)17(15)23/h4,6-7,14,16,21-23H,3,5,8-10H2,1-2H3/t14-,16-/m0/s1. The molecule has 5 nitrogen and oxygen atoms in total. The topological polar surface area (TPSA) is 76.8 Å². The van der Waals surface area contributed by atoms with Crippen LogP contribution in [-0.2, 0) is 13.2 Å². The van der Waals surface area contributed by atoms with E-state index in [1.165, 1.54) is 10.4 Å². The van der Waals surface area contributed by atoms with Gasteiger partial charge in [0.1, 0.15) is 5.75 Å². The van der Waals surface area contributed by atoms with Crippen molar-refractivity contribution in [2.75, 3.05) is 13.1 Å². The molecule has 0 bridgehead atoms. The third-order valence-electron chi connectivity index (χ3n) is 4.89. The normalized spacial score (nSPS) is 22.0. The summed E-state index contributed by atoms with van der Waals surface area (Å²) < 4.78 is 0. The predicted octanol–water partition coefficient (Wildman–Crippen LogP) is 2.31. The molecule has 0 unspecified atom stereocenters. The molecule has 3 rings (SSSR count). The van der Waals surface area contributed by atoms with Crippen molar-refractivity contribution in [2.45, 2.75) is 45.4 Å². The molecule has 0 aromatic carbocycles. The van der Waals surface area contributed by atoms with Crippen molar-refractivity contribution in [3.05, 3.63) is 44.9 Å². The van der Waals surface area contributed by atoms with Crippen molar-refractivity contribution >= 4 is 11.3 Å². The Hall–Kier alpha value is -1.47. The predicted molar refractivity (Wildman–Crippen MR) is 94.3 cm³/mol. The zero-order valence-corrected chi connectivity index (χ0v) is 14.9. The SMILES string of the molecule is Cc1ccsc1[C@H]1CCN(Cc2c(CO)cnc(C)c2O)C[C@@H]1O. The van der Waals surface area contributed by atoms with E-state index in [-0.39, 0.29) is 18.3 Å². The number of aryl methyl sites for hydroxylation is 2. The minimum absolute atomic E-state index is 0.146. The van der Waals surface area contributed by atoms with Crippen LogP contribution in [0.5, 0.6) is 5.75 Å². The fraction of sp³-hybridized carbons (Fsp3) is 0.500. The fourth-order valence-electron chi connectivity index (χ4n) is 3.43. The highest BCUT2D eigenvalue weighted by Gasteiger charge is 2.31. The number of aromatic hydroxyl groups is 1. The molecule has 2 aromatic rings. The van der Waals surface area contributed by atoms with Crippen molar-refractivity contribution in [1.82, 2.24) is 9.88 Å². The highest BCUT2D eigenvalue weighted by molar-refractivity contribution is 7.10. The molecule has 1 saturated heterocycles. The summed E-state index contributed by atoms with van der Waals surface area (Å²) in [4.78, 5) is 7.51. The zero-order chi connectivity index (χ0) is 17.3. The number of pyridine rings is 1. The summed E-state index contributed by atoms with van der Waals surface area (Å²) in [5, 5.41) is 32.5. The second-order valence-electron chi connectivity index (χ2n) is 6.52. The van der Waals surface area contributed by atoms with Crippen molar-refractivity contribution in [3.8, 4) is 5.75 Å². The number of hydrogen-bond acceptors (Lipinski definition) is 6. The lowest BCUT2D eigenvalue weighted by Gasteiger charge is -2.36. The molecule has 1 aliphatic heterocycles. The van der Waals surface area contributed by atoms with E-state index in [0.717, 1.165) is 13.0 Å². The van der Waals surface area contributed by atoms with Crippen LogP contribution in [-0.4, -0.2) is 44.4 Å². The van der Waals surface area contributed by atoms with Crippen molar-refractivity contribution < 1.29 is 15.3 Å². The van der Waals surface area contributed by atoms with E-state index in [0.29, 0.717) is 29.9 Å². The third kappa shape index (κ3) is 3.32. The fourth-order valence-corrected chi connectivity index (χ4v) is 4.55. The van der Waals surface area contributed by atoms with Crippen LogP contribution < -0.4 is 0 Å². The smallest absolute Gasteiger partial charge is 0.141 e. The molecule has 130 valence electrons. The van der Waals surface area contributed by atoms with E-state index in [2.05, 4.69) is 28.3 Å². The second kappa shape index (κ2) is 7.19. The molecule has 0 aliphatic carbocycles. The highest BCUT2D eigenvalue weighted by atomic mass is 32.1. The van der Waals surface area contributed by atoms with Crippen LogP contribution in [0.15, 0.2) is 17.6 Å². The first-order chi connectivity index (χ1) is 11.5. The van der Waals surface area contributed by atoms with Gasteiger partial charge in [-0.2, -0.15) is 0 Å². The van der Waals surface area contributed by atoms with Crippen LogP contribution in [0.4, 0.5) is 0 Å². The van der Waals surface area contributed by atoms with Gasteiger partial charge in [0.15, 0.2) is 0 Å². The first-order valence-corrected chi connectivity index (χ1v) is 9.10. The van der Waals surface area contributed by atoms with Gasteiger partial charge in [0.2, 0.25) is 0 Å². The molecule has 3 heterocycles. The summed E-state index contributed by atoms with van der Waals surface area (Å²) in [6.07, 6.45) is 2.09. The number of β-amino-alcohol motifs (C(OH)–C–C–N with tert-alkyl or cyclic N) is 1. The van der Waals surface area contributed by atoms with Gasteiger partial charge < -0.3 is 15.3 Å². The highest BCUT2D eigenvalue weighted by Crippen LogP contribution is 2.35. The molecule has 2 atom stereocenters. The molecule has 0 spiro atoms. The van der Waals surface area contributed by atoms with Crippen LogP contribution in [0.2, 0.25) is 0 Å². The molecule has 24 heavy (non-hydrogen) atoms. The van der Waals surface area contributed by atoms with Gasteiger partial charge >= 0.3 is 0 Å². The second-order valence-corrected chi connectivity index (χ2v) is 7.47. The van der Waals surface area contributed by atoms with Gasteiger partial charge in [-0.15, -0.1) is 11.3 Å². The summed E-state index contributed by atoms with van der Waals surface area (Å²) >= 11 is 1.72. The lowest BCUT2D eigenvalue weighted by atomic mass is 9.90. The Bertz CT molecular complexity index is 716. The van der Waals surface area contributed by atoms with E-state index in [1.54, 1.807) is 24.5 Å². The monoisotopic (exact) mass is 348 g/mol. The van der Waals surface area contributed by atoms with Gasteiger partial charge in [-0.05, 0) is 43.8 Å². The number of thiophene rings is 1. The maximum absolute atomic E-state index is 10.6. The quantitative estimate of drug-likeness (QED) is 0.790. The largest absolute Gasteiger partial charge is 0.506 e. The Kier molecular flexibility index (Phi) is 5.20. The first-order valence-electron chi connectivity index (χ1n) is 8.22. The summed E-state index contributed by atoms with van der Waals surface area (Å²) in [5.41, 5.74) is 3.17. The van der Waals surface area contributed by atoms with Crippen LogP contribution in [0.1, 0.15) is 39.6 Å². The van der Waals surface area contributed by atoms with Gasteiger partial charge in [0.25, 0.3) is 0 Å². The van der Waals surface area contributed by atoms with E-state index in [1.807, 2.05) is 0 Å². The Balaban J connectivity index is 1.73. The van der Waals surface area contributed by atoms with Gasteiger partial charge in [-0.1, -0.05) is 0 Å². The molecule has 1 aliphatic rings. The zero-order valence-electron chi connectivity index (χ0n) is 14.1. The maximum Gasteiger partial charge on any atom is 0.141 e. The Morgan fingerprint density at radius 1 is 1.38 bits per heavy atom. The molecule has 0 saturated carbocycles. The summed E-state index contributed by atoms with van der Waals surface area (Å²) in [7, 11) is 0. The van der Waals surface area contributed by atoms with Crippen molar-refractivity contribution in [1.29, 1.82) is 0 Å². The summed E-state index contributed by atoms with van der Waals surface area (Å²) in [6.45, 7) is 5.62. The van der Waals surface area contributed by atoms with Crippen LogP contribution in [0.3, 0.4) is 0 Å². The van der Waals surface area contributed by atoms with Crippen LogP contribution in [0.25, 0.3) is 0 Å². The number of aliphatic hydroxyl groups excluding tert-OH is 2. The number of piperidine rings is 1. The van der Waals surface area contributed by atoms with Crippen LogP contribution >= 0.6 is 11.3 Å². The molecule has 1 fully saturated rings. The van der Waals surface area contributed by atoms with Gasteiger partial charge in [-0.25, -0.2) is 0 Å². The number of nitrogens with zero attached hydrogens (tertiary/aromatic N) is 2. The van der Waals surface area contributed by atoms with E-state index in [9.17, 15) is 15.3 Å². The third-order valence-corrected chi connectivity index (χ3v) is 6.04. The average molecular weight is 348 g/mol. The van der Waals surface area contributed by atoms with Crippen LogP contribution in [0, 0.1) is 13.8 Å². The van der Waals surface area contributed by atoms with Gasteiger partial charge in [-0.3, -0.25) is 9.88 Å². The first kappa shape index (κ1) is 17.4. The molecule has 0 amide bonds. The number of aromatic nitrogens is 1. The Morgan fingerprint density at radius 2 is 2.17 bits per heavy atom. The number of hydrogen-bond donors (Lipinski definition) is 3. The molecule has 0 radical (unpaired) electrons. The molecule has 6 heteroatoms. The summed E-state index contributed by atoms with van der Waals surface area (Å²) in [6, 6.07) is 2.10. The van der Waals surface area contributed by atoms with E-state index in [4.69, 9.17) is 0 Å². The summed E-state index contributed by atoms with van der Waals surface area (Å²) in [5.74, 6) is 0.332. The number of aliphatic hydroxyl groups is 2. The van der Waals surface area contributed by atoms with Crippen molar-refractivity contribution in [3.63, 3.8) is 0 Å². The molecule has 2 aromatic heterocycles. The average Bonchev–Trinajstić information content (AvgIpc) is 2.98. The Labute approximate surface area is 146 Å². The lowest BCUT2D eigenvalue weighted by molar-refractivity contribution is 0.0479. The molecular formula is C18H24N2O3S. The number of rotatable bonds is 4. The molecular weight excluding hydrogens is 324 g/mol. The number of likely N-dealkylation sites (tertiary alicyclic amines) is 1. The van der Waals surface area contributed by atoms with E-state index >= 15 is 0 Å².